The zero-order chi connectivity index (χ0) is 13.8. The number of nitrogen functional groups attached to an aromatic ring is 1. The number of hydrogen-bond donors (Lipinski definition) is 2. The quantitative estimate of drug-likeness (QED) is 0.637. The van der Waals surface area contributed by atoms with E-state index in [-0.39, 0.29) is 12.0 Å². The first-order valence-electron chi connectivity index (χ1n) is 6.51. The number of nitrogens with zero attached hydrogens (tertiary/aromatic N) is 1. The Morgan fingerprint density at radius 1 is 1.53 bits per heavy atom. The molecule has 1 amide bonds. The van der Waals surface area contributed by atoms with Crippen LogP contribution in [0.1, 0.15) is 18.4 Å². The second-order valence-electron chi connectivity index (χ2n) is 5.21. The summed E-state index contributed by atoms with van der Waals surface area (Å²) in [6.07, 6.45) is 4.76. The molecule has 0 spiro atoms. The molecule has 0 aromatic heterocycles. The Balaban J connectivity index is 1.86. The standard InChI is InChI=1S/C15H20N2O2/c1-17(10-12-8-14(18)9-12)15(19)6-5-11-3-2-4-13(16)7-11/h2-7,12,14,18H,8-10,16H2,1H3/b6-5+. The molecule has 0 saturated heterocycles. The van der Waals surface area contributed by atoms with Crippen molar-refractivity contribution in [2.24, 2.45) is 5.92 Å². The van der Waals surface area contributed by atoms with E-state index in [2.05, 4.69) is 0 Å². The van der Waals surface area contributed by atoms with Gasteiger partial charge in [0.2, 0.25) is 5.91 Å². The van der Waals surface area contributed by atoms with Gasteiger partial charge in [0.15, 0.2) is 0 Å². The fourth-order valence-corrected chi connectivity index (χ4v) is 2.28. The molecule has 19 heavy (non-hydrogen) atoms. The number of rotatable bonds is 4. The summed E-state index contributed by atoms with van der Waals surface area (Å²) in [4.78, 5) is 13.6. The van der Waals surface area contributed by atoms with E-state index in [1.807, 2.05) is 24.3 Å². The first kappa shape index (κ1) is 13.6. The van der Waals surface area contributed by atoms with E-state index in [1.165, 1.54) is 0 Å². The molecular weight excluding hydrogens is 240 g/mol. The summed E-state index contributed by atoms with van der Waals surface area (Å²) in [6.45, 7) is 0.706. The Morgan fingerprint density at radius 2 is 2.26 bits per heavy atom. The molecule has 1 aliphatic rings. The highest BCUT2D eigenvalue weighted by Gasteiger charge is 2.28. The van der Waals surface area contributed by atoms with Crippen molar-refractivity contribution in [1.29, 1.82) is 0 Å². The Morgan fingerprint density at radius 3 is 2.89 bits per heavy atom. The van der Waals surface area contributed by atoms with Crippen molar-refractivity contribution in [3.63, 3.8) is 0 Å². The third-order valence-corrected chi connectivity index (χ3v) is 3.45. The molecule has 0 bridgehead atoms. The SMILES string of the molecule is CN(CC1CC(O)C1)C(=O)/C=C/c1cccc(N)c1. The molecule has 4 nitrogen and oxygen atoms in total. The van der Waals surface area contributed by atoms with Gasteiger partial charge < -0.3 is 15.7 Å². The van der Waals surface area contributed by atoms with Crippen LogP contribution < -0.4 is 5.73 Å². The Bertz CT molecular complexity index is 479. The van der Waals surface area contributed by atoms with Gasteiger partial charge in [-0.2, -0.15) is 0 Å². The Labute approximate surface area is 113 Å². The van der Waals surface area contributed by atoms with Gasteiger partial charge in [-0.3, -0.25) is 4.79 Å². The monoisotopic (exact) mass is 260 g/mol. The van der Waals surface area contributed by atoms with Crippen LogP contribution in [0.4, 0.5) is 5.69 Å². The lowest BCUT2D eigenvalue weighted by molar-refractivity contribution is -0.126. The summed E-state index contributed by atoms with van der Waals surface area (Å²) in [5.41, 5.74) is 7.28. The maximum absolute atomic E-state index is 11.9. The topological polar surface area (TPSA) is 66.6 Å². The minimum absolute atomic E-state index is 0.0242. The molecule has 2 rings (SSSR count). The van der Waals surface area contributed by atoms with Crippen molar-refractivity contribution in [1.82, 2.24) is 4.90 Å². The number of aliphatic hydroxyl groups excluding tert-OH is 1. The van der Waals surface area contributed by atoms with Crippen LogP contribution in [0.25, 0.3) is 6.08 Å². The van der Waals surface area contributed by atoms with E-state index in [1.54, 1.807) is 24.1 Å². The van der Waals surface area contributed by atoms with Gasteiger partial charge in [-0.25, -0.2) is 0 Å². The predicted octanol–water partition coefficient (Wildman–Crippen LogP) is 1.51. The minimum Gasteiger partial charge on any atom is -0.399 e. The maximum Gasteiger partial charge on any atom is 0.246 e. The second-order valence-corrected chi connectivity index (χ2v) is 5.21. The van der Waals surface area contributed by atoms with Gasteiger partial charge in [-0.1, -0.05) is 12.1 Å². The maximum atomic E-state index is 11.9. The molecule has 1 saturated carbocycles. The molecule has 4 heteroatoms. The summed E-state index contributed by atoms with van der Waals surface area (Å²) in [6, 6.07) is 7.40. The lowest BCUT2D eigenvalue weighted by atomic mass is 9.82. The van der Waals surface area contributed by atoms with Crippen molar-refractivity contribution in [2.75, 3.05) is 19.3 Å². The van der Waals surface area contributed by atoms with Gasteiger partial charge in [0.05, 0.1) is 6.10 Å². The fourth-order valence-electron chi connectivity index (χ4n) is 2.28. The highest BCUT2D eigenvalue weighted by atomic mass is 16.3. The molecule has 1 aromatic carbocycles. The molecule has 102 valence electrons. The molecule has 0 radical (unpaired) electrons. The molecule has 0 aliphatic heterocycles. The van der Waals surface area contributed by atoms with Crippen molar-refractivity contribution in [2.45, 2.75) is 18.9 Å². The van der Waals surface area contributed by atoms with Gasteiger partial charge in [0.25, 0.3) is 0 Å². The molecule has 0 atom stereocenters. The van der Waals surface area contributed by atoms with Gasteiger partial charge >= 0.3 is 0 Å². The summed E-state index contributed by atoms with van der Waals surface area (Å²) in [5.74, 6) is 0.411. The van der Waals surface area contributed by atoms with Crippen LogP contribution >= 0.6 is 0 Å². The van der Waals surface area contributed by atoms with Gasteiger partial charge in [-0.15, -0.1) is 0 Å². The van der Waals surface area contributed by atoms with Gasteiger partial charge in [0.1, 0.15) is 0 Å². The van der Waals surface area contributed by atoms with E-state index < -0.39 is 0 Å². The van der Waals surface area contributed by atoms with Crippen molar-refractivity contribution >= 4 is 17.7 Å². The molecular formula is C15H20N2O2. The number of anilines is 1. The van der Waals surface area contributed by atoms with Crippen LogP contribution in [0.15, 0.2) is 30.3 Å². The smallest absolute Gasteiger partial charge is 0.246 e. The molecule has 0 unspecified atom stereocenters. The van der Waals surface area contributed by atoms with E-state index >= 15 is 0 Å². The average molecular weight is 260 g/mol. The van der Waals surface area contributed by atoms with Crippen molar-refractivity contribution in [3.05, 3.63) is 35.9 Å². The van der Waals surface area contributed by atoms with E-state index in [4.69, 9.17) is 5.73 Å². The highest BCUT2D eigenvalue weighted by molar-refractivity contribution is 5.91. The van der Waals surface area contributed by atoms with Crippen molar-refractivity contribution < 1.29 is 9.90 Å². The van der Waals surface area contributed by atoms with Crippen LogP contribution in [0, 0.1) is 5.92 Å². The fraction of sp³-hybridized carbons (Fsp3) is 0.400. The lowest BCUT2D eigenvalue weighted by Crippen LogP contribution is -2.38. The number of carbonyl (C=O) groups is 1. The normalized spacial score (nSPS) is 22.2. The largest absolute Gasteiger partial charge is 0.399 e. The highest BCUT2D eigenvalue weighted by Crippen LogP contribution is 2.27. The summed E-state index contributed by atoms with van der Waals surface area (Å²) in [5, 5.41) is 9.22. The van der Waals surface area contributed by atoms with Crippen LogP contribution in [0.5, 0.6) is 0 Å². The number of amides is 1. The summed E-state index contributed by atoms with van der Waals surface area (Å²) < 4.78 is 0. The van der Waals surface area contributed by atoms with Crippen LogP contribution in [0.3, 0.4) is 0 Å². The van der Waals surface area contributed by atoms with E-state index in [0.717, 1.165) is 18.4 Å². The van der Waals surface area contributed by atoms with Crippen molar-refractivity contribution in [3.8, 4) is 0 Å². The summed E-state index contributed by atoms with van der Waals surface area (Å²) >= 11 is 0. The lowest BCUT2D eigenvalue weighted by Gasteiger charge is -2.34. The number of nitrogens with two attached hydrogens (primary N) is 1. The van der Waals surface area contributed by atoms with Gasteiger partial charge in [0, 0.05) is 25.4 Å². The average Bonchev–Trinajstić information content (AvgIpc) is 2.34. The molecule has 1 fully saturated rings. The third-order valence-electron chi connectivity index (χ3n) is 3.45. The Kier molecular flexibility index (Phi) is 4.22. The third kappa shape index (κ3) is 3.83. The van der Waals surface area contributed by atoms with E-state index in [0.29, 0.717) is 18.2 Å². The Hall–Kier alpha value is -1.81. The van der Waals surface area contributed by atoms with E-state index in [9.17, 15) is 9.90 Å². The minimum atomic E-state index is -0.170. The number of carbonyl (C=O) groups excluding carboxylic acids is 1. The summed E-state index contributed by atoms with van der Waals surface area (Å²) in [7, 11) is 1.79. The first-order chi connectivity index (χ1) is 9.04. The molecule has 1 aromatic rings. The zero-order valence-corrected chi connectivity index (χ0v) is 11.1. The van der Waals surface area contributed by atoms with Crippen LogP contribution in [-0.2, 0) is 4.79 Å². The first-order valence-corrected chi connectivity index (χ1v) is 6.51. The number of hydrogen-bond acceptors (Lipinski definition) is 3. The molecule has 3 N–H and O–H groups in total. The molecule has 1 aliphatic carbocycles. The zero-order valence-electron chi connectivity index (χ0n) is 11.1. The number of likely N-dealkylation sites (N-methyl/N-ethyl adjacent to an activating group) is 1. The number of aliphatic hydroxyl groups is 1. The van der Waals surface area contributed by atoms with Gasteiger partial charge in [-0.05, 0) is 42.5 Å². The van der Waals surface area contributed by atoms with Crippen LogP contribution in [0.2, 0.25) is 0 Å². The predicted molar refractivity (Wildman–Crippen MR) is 76.3 cm³/mol. The van der Waals surface area contributed by atoms with Crippen LogP contribution in [-0.4, -0.2) is 35.6 Å². The number of benzene rings is 1. The molecule has 0 heterocycles. The second kappa shape index (κ2) is 5.89.